The normalized spacial score (nSPS) is 24.2. The number of anilines is 2. The molecule has 0 aromatic carbocycles. The van der Waals surface area contributed by atoms with Crippen LogP contribution in [0.15, 0.2) is 29.3 Å². The number of rotatable bonds is 6. The summed E-state index contributed by atoms with van der Waals surface area (Å²) in [7, 11) is 0. The second kappa shape index (κ2) is 11.3. The predicted octanol–water partition coefficient (Wildman–Crippen LogP) is 2.10. The summed E-state index contributed by atoms with van der Waals surface area (Å²) in [5.74, 6) is 1.67. The number of aromatic nitrogens is 3. The van der Waals surface area contributed by atoms with Gasteiger partial charge in [0.2, 0.25) is 5.91 Å². The molecule has 2 aromatic heterocycles. The first-order valence-electron chi connectivity index (χ1n) is 13.3. The molecule has 2 saturated heterocycles. The third kappa shape index (κ3) is 5.77. The van der Waals surface area contributed by atoms with Gasteiger partial charge in [0.1, 0.15) is 11.9 Å². The fourth-order valence-corrected chi connectivity index (χ4v) is 5.76. The number of hydrogen-bond donors (Lipinski definition) is 1. The number of amides is 1. The maximum atomic E-state index is 13.2. The molecule has 2 aromatic rings. The van der Waals surface area contributed by atoms with Crippen molar-refractivity contribution in [3.8, 4) is 6.07 Å². The second-order valence-corrected chi connectivity index (χ2v) is 10.4. The first-order chi connectivity index (χ1) is 18.0. The third-order valence-electron chi connectivity index (χ3n) is 8.09. The summed E-state index contributed by atoms with van der Waals surface area (Å²) in [5.41, 5.74) is 2.06. The molecule has 0 spiro atoms. The molecule has 0 bridgehead atoms. The average Bonchev–Trinajstić information content (AvgIpc) is 3.42. The van der Waals surface area contributed by atoms with Gasteiger partial charge in [-0.25, -0.2) is 10.1 Å². The van der Waals surface area contributed by atoms with Crippen LogP contribution in [0.1, 0.15) is 43.2 Å². The van der Waals surface area contributed by atoms with Crippen LogP contribution in [0.25, 0.3) is 0 Å². The molecule has 2 aliphatic heterocycles. The van der Waals surface area contributed by atoms with Crippen molar-refractivity contribution < 1.29 is 9.53 Å². The van der Waals surface area contributed by atoms with E-state index in [0.717, 1.165) is 76.4 Å². The van der Waals surface area contributed by atoms with E-state index in [9.17, 15) is 9.59 Å². The van der Waals surface area contributed by atoms with Crippen LogP contribution in [0.5, 0.6) is 0 Å². The van der Waals surface area contributed by atoms with Crippen molar-refractivity contribution in [2.24, 2.45) is 11.8 Å². The summed E-state index contributed by atoms with van der Waals surface area (Å²) in [6.45, 7) is 7.28. The Balaban J connectivity index is 1.02. The monoisotopic (exact) mass is 505 g/mol. The van der Waals surface area contributed by atoms with Gasteiger partial charge >= 0.3 is 0 Å². The number of piperazine rings is 1. The van der Waals surface area contributed by atoms with Gasteiger partial charge in [-0.15, -0.1) is 0 Å². The largest absolute Gasteiger partial charge is 0.378 e. The summed E-state index contributed by atoms with van der Waals surface area (Å²) in [4.78, 5) is 35.8. The molecule has 3 fully saturated rings. The Bertz CT molecular complexity index is 1180. The van der Waals surface area contributed by atoms with Gasteiger partial charge < -0.3 is 19.4 Å². The number of nitriles is 1. The molecule has 37 heavy (non-hydrogen) atoms. The van der Waals surface area contributed by atoms with Crippen molar-refractivity contribution >= 4 is 17.4 Å². The van der Waals surface area contributed by atoms with E-state index in [4.69, 9.17) is 10.00 Å². The lowest BCUT2D eigenvalue weighted by Crippen LogP contribution is -2.51. The number of pyridine rings is 1. The Kier molecular flexibility index (Phi) is 7.70. The minimum Gasteiger partial charge on any atom is -0.378 e. The van der Waals surface area contributed by atoms with Gasteiger partial charge in [-0.3, -0.25) is 9.59 Å². The minimum absolute atomic E-state index is 0.0908. The zero-order valence-corrected chi connectivity index (χ0v) is 21.4. The van der Waals surface area contributed by atoms with Crippen molar-refractivity contribution in [3.63, 3.8) is 0 Å². The van der Waals surface area contributed by atoms with Crippen LogP contribution in [0.2, 0.25) is 0 Å². The molecule has 1 atom stereocenters. The lowest BCUT2D eigenvalue weighted by Gasteiger charge is -2.38. The minimum atomic E-state index is -0.131. The summed E-state index contributed by atoms with van der Waals surface area (Å²) in [6.07, 6.45) is 8.23. The van der Waals surface area contributed by atoms with Crippen molar-refractivity contribution in [1.82, 2.24) is 20.1 Å². The number of hydrogen-bond acceptors (Lipinski definition) is 8. The maximum absolute atomic E-state index is 13.2. The van der Waals surface area contributed by atoms with E-state index >= 15 is 0 Å². The van der Waals surface area contributed by atoms with E-state index < -0.39 is 0 Å². The highest BCUT2D eigenvalue weighted by Gasteiger charge is 2.32. The molecule has 196 valence electrons. The molecular weight excluding hydrogens is 470 g/mol. The summed E-state index contributed by atoms with van der Waals surface area (Å²) in [6, 6.07) is 5.76. The Morgan fingerprint density at radius 3 is 2.57 bits per heavy atom. The van der Waals surface area contributed by atoms with Crippen LogP contribution in [-0.2, 0) is 9.53 Å². The van der Waals surface area contributed by atoms with Crippen molar-refractivity contribution in [2.45, 2.75) is 45.1 Å². The number of ether oxygens (including phenoxy) is 1. The first-order valence-corrected chi connectivity index (χ1v) is 13.3. The standard InChI is InChI=1S/C27H35N7O3/c1-19-24(16-30-31-26(19)35)34-9-8-21(17-34)18-37-23-5-3-22(4-6-23)27(36)33-12-10-32(11-13-33)25-7-2-20(14-28)15-29-25/h2,7,15-16,21-23H,3-6,8-13,17-18H2,1H3,(H,31,35). The van der Waals surface area contributed by atoms with Crippen LogP contribution in [0.4, 0.5) is 11.5 Å². The molecule has 1 amide bonds. The lowest BCUT2D eigenvalue weighted by atomic mass is 9.86. The highest BCUT2D eigenvalue weighted by atomic mass is 16.5. The Morgan fingerprint density at radius 1 is 1.08 bits per heavy atom. The zero-order valence-electron chi connectivity index (χ0n) is 21.4. The van der Waals surface area contributed by atoms with E-state index in [1.54, 1.807) is 18.5 Å². The molecule has 10 heteroatoms. The summed E-state index contributed by atoms with van der Waals surface area (Å²) >= 11 is 0. The summed E-state index contributed by atoms with van der Waals surface area (Å²) < 4.78 is 6.29. The fraction of sp³-hybridized carbons (Fsp3) is 0.593. The fourth-order valence-electron chi connectivity index (χ4n) is 5.76. The first kappa shape index (κ1) is 25.2. The van der Waals surface area contributed by atoms with Gasteiger partial charge in [-0.1, -0.05) is 0 Å². The number of nitrogens with zero attached hydrogens (tertiary/aromatic N) is 6. The van der Waals surface area contributed by atoms with Crippen molar-refractivity contribution in [1.29, 1.82) is 5.26 Å². The van der Waals surface area contributed by atoms with E-state index in [2.05, 4.69) is 31.1 Å². The van der Waals surface area contributed by atoms with Crippen LogP contribution in [-0.4, -0.2) is 78.0 Å². The van der Waals surface area contributed by atoms with Crippen LogP contribution < -0.4 is 15.4 Å². The van der Waals surface area contributed by atoms with Gasteiger partial charge in [0.05, 0.1) is 30.2 Å². The molecule has 1 saturated carbocycles. The Morgan fingerprint density at radius 2 is 1.86 bits per heavy atom. The highest BCUT2D eigenvalue weighted by molar-refractivity contribution is 5.79. The van der Waals surface area contributed by atoms with Gasteiger partial charge in [0.15, 0.2) is 0 Å². The van der Waals surface area contributed by atoms with Crippen LogP contribution in [0, 0.1) is 30.1 Å². The van der Waals surface area contributed by atoms with Gasteiger partial charge in [0.25, 0.3) is 5.56 Å². The molecule has 1 unspecified atom stereocenters. The highest BCUT2D eigenvalue weighted by Crippen LogP contribution is 2.30. The Hall–Kier alpha value is -3.45. The molecule has 3 aliphatic rings. The van der Waals surface area contributed by atoms with Gasteiger partial charge in [-0.05, 0) is 51.2 Å². The molecular formula is C27H35N7O3. The molecule has 10 nitrogen and oxygen atoms in total. The van der Waals surface area contributed by atoms with Gasteiger partial charge in [-0.2, -0.15) is 10.4 Å². The number of carbonyl (C=O) groups excluding carboxylic acids is 1. The van der Waals surface area contributed by atoms with Crippen LogP contribution >= 0.6 is 0 Å². The smallest absolute Gasteiger partial charge is 0.269 e. The van der Waals surface area contributed by atoms with Gasteiger partial charge in [0, 0.05) is 62.9 Å². The molecule has 0 radical (unpaired) electrons. The number of H-pyrrole nitrogens is 1. The topological polar surface area (TPSA) is 118 Å². The SMILES string of the molecule is Cc1c(N2CCC(COC3CCC(C(=O)N4CCN(c5ccc(C#N)cn5)CC4)CC3)C2)cn[nH]c1=O. The molecule has 1 N–H and O–H groups in total. The van der Waals surface area contributed by atoms with Crippen molar-refractivity contribution in [2.75, 3.05) is 55.7 Å². The van der Waals surface area contributed by atoms with E-state index in [1.165, 1.54) is 0 Å². The Labute approximate surface area is 217 Å². The average molecular weight is 506 g/mol. The summed E-state index contributed by atoms with van der Waals surface area (Å²) in [5, 5.41) is 15.4. The van der Waals surface area contributed by atoms with E-state index in [-0.39, 0.29) is 23.5 Å². The van der Waals surface area contributed by atoms with E-state index in [1.807, 2.05) is 17.9 Å². The lowest BCUT2D eigenvalue weighted by molar-refractivity contribution is -0.138. The quantitative estimate of drug-likeness (QED) is 0.634. The number of nitrogens with one attached hydrogen (secondary N) is 1. The van der Waals surface area contributed by atoms with Crippen LogP contribution in [0.3, 0.4) is 0 Å². The number of carbonyl (C=O) groups is 1. The predicted molar refractivity (Wildman–Crippen MR) is 139 cm³/mol. The maximum Gasteiger partial charge on any atom is 0.269 e. The number of aromatic amines is 1. The molecule has 4 heterocycles. The zero-order chi connectivity index (χ0) is 25.8. The molecule has 5 rings (SSSR count). The van der Waals surface area contributed by atoms with E-state index in [0.29, 0.717) is 30.1 Å². The third-order valence-corrected chi connectivity index (χ3v) is 8.09. The second-order valence-electron chi connectivity index (χ2n) is 10.4. The molecule has 1 aliphatic carbocycles. The van der Waals surface area contributed by atoms with Crippen molar-refractivity contribution in [3.05, 3.63) is 46.0 Å².